The van der Waals surface area contributed by atoms with Crippen LogP contribution in [-0.2, 0) is 12.0 Å². The average molecular weight is 383 g/mol. The van der Waals surface area contributed by atoms with Crippen LogP contribution >= 0.6 is 0 Å². The highest BCUT2D eigenvalue weighted by molar-refractivity contribution is 5.88. The third-order valence-corrected chi connectivity index (χ3v) is 4.72. The second kappa shape index (κ2) is 7.88. The molecule has 2 N–H and O–H groups in total. The molecule has 3 rings (SSSR count). The van der Waals surface area contributed by atoms with Crippen LogP contribution in [0.1, 0.15) is 49.9 Å². The number of carboxylic acid groups (broad SMARTS) is 1. The Labute approximate surface area is 163 Å². The zero-order valence-electron chi connectivity index (χ0n) is 16.4. The van der Waals surface area contributed by atoms with E-state index in [1.165, 1.54) is 0 Å². The van der Waals surface area contributed by atoms with E-state index in [4.69, 9.17) is 4.74 Å². The minimum absolute atomic E-state index is 0.228. The molecule has 2 aromatic heterocycles. The molecular formula is C21H25N3O4. The Balaban J connectivity index is 1.95. The van der Waals surface area contributed by atoms with Crippen LogP contribution in [0.4, 0.5) is 0 Å². The van der Waals surface area contributed by atoms with Crippen molar-refractivity contribution in [3.63, 3.8) is 0 Å². The molecule has 0 aliphatic rings. The normalized spacial score (nSPS) is 11.7. The van der Waals surface area contributed by atoms with Crippen LogP contribution in [0.15, 0.2) is 41.3 Å². The van der Waals surface area contributed by atoms with Gasteiger partial charge in [-0.05, 0) is 37.8 Å². The van der Waals surface area contributed by atoms with Crippen LogP contribution < -0.4 is 10.3 Å². The van der Waals surface area contributed by atoms with E-state index >= 15 is 0 Å². The lowest BCUT2D eigenvalue weighted by atomic mass is 9.99. The summed E-state index contributed by atoms with van der Waals surface area (Å²) in [5.74, 6) is -1.19. The van der Waals surface area contributed by atoms with Gasteiger partial charge in [0.05, 0.1) is 6.61 Å². The average Bonchev–Trinajstić information content (AvgIpc) is 3.08. The number of nitrogens with one attached hydrogen (secondary N) is 1. The van der Waals surface area contributed by atoms with Gasteiger partial charge < -0.3 is 19.4 Å². The van der Waals surface area contributed by atoms with Gasteiger partial charge in [-0.2, -0.15) is 0 Å². The number of hydrogen-bond acceptors (Lipinski definition) is 4. The number of aromatic nitrogens is 3. The minimum Gasteiger partial charge on any atom is -0.486 e. The summed E-state index contributed by atoms with van der Waals surface area (Å²) >= 11 is 0. The molecule has 0 fully saturated rings. The molecule has 0 saturated heterocycles. The number of aromatic amines is 1. The molecule has 0 radical (unpaired) electrons. The number of para-hydroxylation sites is 1. The molecule has 7 heteroatoms. The molecule has 0 atom stereocenters. The van der Waals surface area contributed by atoms with Crippen LogP contribution in [0, 0.1) is 0 Å². The Morgan fingerprint density at radius 2 is 2.04 bits per heavy atom. The van der Waals surface area contributed by atoms with E-state index in [0.29, 0.717) is 12.2 Å². The molecular weight excluding hydrogens is 358 g/mol. The molecule has 0 spiro atoms. The van der Waals surface area contributed by atoms with Crippen molar-refractivity contribution in [3.8, 4) is 5.75 Å². The molecule has 0 saturated carbocycles. The number of hydrogen-bond donors (Lipinski definition) is 2. The largest absolute Gasteiger partial charge is 0.486 e. The van der Waals surface area contributed by atoms with Gasteiger partial charge >= 0.3 is 5.97 Å². The number of carboxylic acids is 1. The summed E-state index contributed by atoms with van der Waals surface area (Å²) < 4.78 is 7.50. The van der Waals surface area contributed by atoms with Crippen molar-refractivity contribution in [1.82, 2.24) is 14.5 Å². The standard InChI is InChI=1S/C21H25N3O4/c1-4-5-12-28-18-17(20(26)27)22-16(23-19(18)25)13-21(2,3)24-11-10-14-8-6-7-9-15(14)24/h6-11H,4-5,12-13H2,1-3H3,(H,26,27)(H,22,23,25). The second-order valence-corrected chi connectivity index (χ2v) is 7.43. The number of carbonyl (C=O) groups is 1. The number of benzene rings is 1. The lowest BCUT2D eigenvalue weighted by Gasteiger charge is -2.28. The van der Waals surface area contributed by atoms with Crippen molar-refractivity contribution < 1.29 is 14.6 Å². The van der Waals surface area contributed by atoms with Gasteiger partial charge in [-0.15, -0.1) is 0 Å². The maximum Gasteiger partial charge on any atom is 0.358 e. The minimum atomic E-state index is -1.27. The van der Waals surface area contributed by atoms with Crippen LogP contribution in [-0.4, -0.2) is 32.2 Å². The van der Waals surface area contributed by atoms with Crippen LogP contribution in [0.5, 0.6) is 5.75 Å². The Morgan fingerprint density at radius 1 is 1.29 bits per heavy atom. The van der Waals surface area contributed by atoms with Gasteiger partial charge in [-0.25, -0.2) is 9.78 Å². The Bertz CT molecular complexity index is 1050. The fourth-order valence-electron chi connectivity index (χ4n) is 3.30. The number of H-pyrrole nitrogens is 1. The van der Waals surface area contributed by atoms with E-state index in [1.807, 2.05) is 57.3 Å². The van der Waals surface area contributed by atoms with Crippen molar-refractivity contribution in [2.75, 3.05) is 6.61 Å². The maximum atomic E-state index is 12.5. The Morgan fingerprint density at radius 3 is 2.75 bits per heavy atom. The molecule has 0 amide bonds. The van der Waals surface area contributed by atoms with Gasteiger partial charge in [0.1, 0.15) is 5.82 Å². The molecule has 3 aromatic rings. The van der Waals surface area contributed by atoms with Crippen LogP contribution in [0.3, 0.4) is 0 Å². The van der Waals surface area contributed by atoms with Gasteiger partial charge in [-0.3, -0.25) is 4.79 Å². The van der Waals surface area contributed by atoms with E-state index in [9.17, 15) is 14.7 Å². The predicted octanol–water partition coefficient (Wildman–Crippen LogP) is 3.58. The highest BCUT2D eigenvalue weighted by atomic mass is 16.5. The third kappa shape index (κ3) is 3.93. The molecule has 0 aliphatic heterocycles. The first-order valence-corrected chi connectivity index (χ1v) is 9.39. The second-order valence-electron chi connectivity index (χ2n) is 7.43. The summed E-state index contributed by atoms with van der Waals surface area (Å²) in [6.45, 7) is 6.30. The summed E-state index contributed by atoms with van der Waals surface area (Å²) in [5.41, 5.74) is -0.276. The van der Waals surface area contributed by atoms with Gasteiger partial charge in [-0.1, -0.05) is 31.5 Å². The molecule has 28 heavy (non-hydrogen) atoms. The topological polar surface area (TPSA) is 97.2 Å². The maximum absolute atomic E-state index is 12.5. The summed E-state index contributed by atoms with van der Waals surface area (Å²) in [4.78, 5) is 31.0. The van der Waals surface area contributed by atoms with Gasteiger partial charge in [0.2, 0.25) is 5.75 Å². The quantitative estimate of drug-likeness (QED) is 0.580. The summed E-state index contributed by atoms with van der Waals surface area (Å²) in [5, 5.41) is 10.6. The SMILES string of the molecule is CCCCOc1c(C(=O)O)nc(CC(C)(C)n2ccc3ccccc32)[nH]c1=O. The summed E-state index contributed by atoms with van der Waals surface area (Å²) in [6.07, 6.45) is 3.96. The number of unbranched alkanes of at least 4 members (excludes halogenated alkanes) is 1. The number of fused-ring (bicyclic) bond motifs is 1. The van der Waals surface area contributed by atoms with Crippen LogP contribution in [0.25, 0.3) is 10.9 Å². The summed E-state index contributed by atoms with van der Waals surface area (Å²) in [7, 11) is 0. The Hall–Kier alpha value is -3.09. The van der Waals surface area contributed by atoms with Crippen molar-refractivity contribution >= 4 is 16.9 Å². The fourth-order valence-corrected chi connectivity index (χ4v) is 3.30. The van der Waals surface area contributed by atoms with Crippen LogP contribution in [0.2, 0.25) is 0 Å². The number of ether oxygens (including phenoxy) is 1. The number of rotatable bonds is 8. The molecule has 2 heterocycles. The highest BCUT2D eigenvalue weighted by Gasteiger charge is 2.26. The third-order valence-electron chi connectivity index (χ3n) is 4.72. The molecule has 0 aliphatic carbocycles. The van der Waals surface area contributed by atoms with Crippen molar-refractivity contribution in [1.29, 1.82) is 0 Å². The molecule has 1 aromatic carbocycles. The zero-order chi connectivity index (χ0) is 20.3. The lowest BCUT2D eigenvalue weighted by Crippen LogP contribution is -2.31. The molecule has 7 nitrogen and oxygen atoms in total. The highest BCUT2D eigenvalue weighted by Crippen LogP contribution is 2.27. The van der Waals surface area contributed by atoms with Crippen molar-refractivity contribution in [2.24, 2.45) is 0 Å². The van der Waals surface area contributed by atoms with E-state index < -0.39 is 17.1 Å². The first-order chi connectivity index (χ1) is 13.3. The van der Waals surface area contributed by atoms with Gasteiger partial charge in [0.15, 0.2) is 5.69 Å². The fraction of sp³-hybridized carbons (Fsp3) is 0.381. The lowest BCUT2D eigenvalue weighted by molar-refractivity contribution is 0.0683. The molecule has 148 valence electrons. The molecule has 0 bridgehead atoms. The van der Waals surface area contributed by atoms with Crippen molar-refractivity contribution in [3.05, 3.63) is 58.4 Å². The molecule has 0 unspecified atom stereocenters. The van der Waals surface area contributed by atoms with E-state index in [2.05, 4.69) is 14.5 Å². The predicted molar refractivity (Wildman–Crippen MR) is 107 cm³/mol. The zero-order valence-corrected chi connectivity index (χ0v) is 16.4. The number of aromatic carboxylic acids is 1. The van der Waals surface area contributed by atoms with Crippen molar-refractivity contribution in [2.45, 2.75) is 45.6 Å². The monoisotopic (exact) mass is 383 g/mol. The smallest absolute Gasteiger partial charge is 0.358 e. The number of nitrogens with zero attached hydrogens (tertiary/aromatic N) is 2. The summed E-state index contributed by atoms with van der Waals surface area (Å²) in [6, 6.07) is 10.0. The van der Waals surface area contributed by atoms with E-state index in [0.717, 1.165) is 23.7 Å². The first kappa shape index (κ1) is 19.7. The van der Waals surface area contributed by atoms with Gasteiger partial charge in [0, 0.05) is 23.7 Å². The first-order valence-electron chi connectivity index (χ1n) is 9.39. The van der Waals surface area contributed by atoms with E-state index in [1.54, 1.807) is 0 Å². The van der Waals surface area contributed by atoms with E-state index in [-0.39, 0.29) is 18.1 Å². The van der Waals surface area contributed by atoms with Gasteiger partial charge in [0.25, 0.3) is 5.56 Å². The Kier molecular flexibility index (Phi) is 5.53.